The first-order valence-electron chi connectivity index (χ1n) is 7.13. The van der Waals surface area contributed by atoms with Crippen LogP contribution in [0.15, 0.2) is 11.1 Å². The van der Waals surface area contributed by atoms with Gasteiger partial charge in [-0.3, -0.25) is 19.3 Å². The van der Waals surface area contributed by atoms with E-state index in [0.717, 1.165) is 4.90 Å². The fourth-order valence-corrected chi connectivity index (χ4v) is 3.36. The van der Waals surface area contributed by atoms with Crippen molar-refractivity contribution in [2.24, 2.45) is 11.8 Å². The second kappa shape index (κ2) is 5.77. The van der Waals surface area contributed by atoms with E-state index in [1.54, 1.807) is 11.0 Å². The van der Waals surface area contributed by atoms with Gasteiger partial charge in [-0.1, -0.05) is 17.7 Å². The number of amides is 3. The lowest BCUT2D eigenvalue weighted by atomic mass is 9.85. The van der Waals surface area contributed by atoms with Gasteiger partial charge in [0.25, 0.3) is 0 Å². The third-order valence-corrected chi connectivity index (χ3v) is 4.63. The molecule has 6 nitrogen and oxygen atoms in total. The maximum Gasteiger partial charge on any atom is 0.242 e. The third kappa shape index (κ3) is 2.70. The van der Waals surface area contributed by atoms with Crippen LogP contribution in [-0.4, -0.2) is 60.4 Å². The summed E-state index contributed by atoms with van der Waals surface area (Å²) < 4.78 is 5.19. The SMILES string of the molecule is O=C(CN1C(=O)[C@H]2CC=C(Cl)C[C@@H]2C1=O)N1CCOCC1. The number of rotatable bonds is 2. The molecule has 2 heterocycles. The molecule has 114 valence electrons. The van der Waals surface area contributed by atoms with Gasteiger partial charge in [0.2, 0.25) is 17.7 Å². The van der Waals surface area contributed by atoms with E-state index in [9.17, 15) is 14.4 Å². The monoisotopic (exact) mass is 312 g/mol. The number of morpholine rings is 1. The molecule has 0 aromatic heterocycles. The molecule has 0 radical (unpaired) electrons. The Labute approximate surface area is 127 Å². The molecular formula is C14H17ClN2O4. The zero-order valence-corrected chi connectivity index (χ0v) is 12.3. The van der Waals surface area contributed by atoms with Crippen LogP contribution in [0.3, 0.4) is 0 Å². The Hall–Kier alpha value is -1.40. The first-order valence-corrected chi connectivity index (χ1v) is 7.51. The molecule has 2 atom stereocenters. The summed E-state index contributed by atoms with van der Waals surface area (Å²) >= 11 is 5.96. The zero-order valence-electron chi connectivity index (χ0n) is 11.6. The normalized spacial score (nSPS) is 29.5. The predicted molar refractivity (Wildman–Crippen MR) is 74.3 cm³/mol. The van der Waals surface area contributed by atoms with Crippen molar-refractivity contribution < 1.29 is 19.1 Å². The molecule has 0 bridgehead atoms. The van der Waals surface area contributed by atoms with Crippen LogP contribution in [0.4, 0.5) is 0 Å². The Kier molecular flexibility index (Phi) is 3.99. The number of carbonyl (C=O) groups is 3. The van der Waals surface area contributed by atoms with Crippen molar-refractivity contribution >= 4 is 29.3 Å². The lowest BCUT2D eigenvalue weighted by Crippen LogP contribution is -2.47. The Morgan fingerprint density at radius 2 is 1.90 bits per heavy atom. The van der Waals surface area contributed by atoms with Gasteiger partial charge in [0.05, 0.1) is 25.0 Å². The number of nitrogens with zero attached hydrogens (tertiary/aromatic N) is 2. The molecule has 2 aliphatic heterocycles. The highest BCUT2D eigenvalue weighted by molar-refractivity contribution is 6.30. The lowest BCUT2D eigenvalue weighted by molar-refractivity contribution is -0.148. The number of hydrogen-bond acceptors (Lipinski definition) is 4. The average molecular weight is 313 g/mol. The van der Waals surface area contributed by atoms with E-state index >= 15 is 0 Å². The summed E-state index contributed by atoms with van der Waals surface area (Å²) in [6.07, 6.45) is 2.68. The molecule has 0 aromatic rings. The molecule has 3 rings (SSSR count). The highest BCUT2D eigenvalue weighted by atomic mass is 35.5. The third-order valence-electron chi connectivity index (χ3n) is 4.32. The van der Waals surface area contributed by atoms with Crippen LogP contribution < -0.4 is 0 Å². The van der Waals surface area contributed by atoms with E-state index in [-0.39, 0.29) is 30.2 Å². The van der Waals surface area contributed by atoms with Crippen LogP contribution in [0.2, 0.25) is 0 Å². The Morgan fingerprint density at radius 3 is 2.62 bits per heavy atom. The Balaban J connectivity index is 1.67. The summed E-state index contributed by atoms with van der Waals surface area (Å²) in [7, 11) is 0. The van der Waals surface area contributed by atoms with Crippen LogP contribution in [-0.2, 0) is 19.1 Å². The highest BCUT2D eigenvalue weighted by Gasteiger charge is 2.49. The molecule has 0 spiro atoms. The van der Waals surface area contributed by atoms with Crippen molar-refractivity contribution in [2.45, 2.75) is 12.8 Å². The summed E-state index contributed by atoms with van der Waals surface area (Å²) in [5, 5.41) is 0.624. The van der Waals surface area contributed by atoms with Gasteiger partial charge in [-0.25, -0.2) is 0 Å². The summed E-state index contributed by atoms with van der Waals surface area (Å²) in [4.78, 5) is 39.6. The summed E-state index contributed by atoms with van der Waals surface area (Å²) in [6.45, 7) is 1.85. The largest absolute Gasteiger partial charge is 0.378 e. The molecule has 0 N–H and O–H groups in total. The van der Waals surface area contributed by atoms with Crippen molar-refractivity contribution in [2.75, 3.05) is 32.8 Å². The smallest absolute Gasteiger partial charge is 0.242 e. The topological polar surface area (TPSA) is 66.9 Å². The molecule has 7 heteroatoms. The van der Waals surface area contributed by atoms with Crippen molar-refractivity contribution in [3.63, 3.8) is 0 Å². The van der Waals surface area contributed by atoms with Crippen LogP contribution in [0.1, 0.15) is 12.8 Å². The van der Waals surface area contributed by atoms with Crippen molar-refractivity contribution in [1.82, 2.24) is 9.80 Å². The second-order valence-electron chi connectivity index (χ2n) is 5.56. The minimum Gasteiger partial charge on any atom is -0.378 e. The summed E-state index contributed by atoms with van der Waals surface area (Å²) in [5.74, 6) is -1.45. The van der Waals surface area contributed by atoms with Crippen molar-refractivity contribution in [3.8, 4) is 0 Å². The number of likely N-dealkylation sites (tertiary alicyclic amines) is 1. The minimum absolute atomic E-state index is 0.164. The number of allylic oxidation sites excluding steroid dienone is 2. The fraction of sp³-hybridized carbons (Fsp3) is 0.643. The molecule has 2 fully saturated rings. The molecule has 0 saturated carbocycles. The van der Waals surface area contributed by atoms with Crippen molar-refractivity contribution in [3.05, 3.63) is 11.1 Å². The van der Waals surface area contributed by atoms with E-state index in [1.165, 1.54) is 0 Å². The van der Waals surface area contributed by atoms with Crippen molar-refractivity contribution in [1.29, 1.82) is 0 Å². The number of halogens is 1. The number of fused-ring (bicyclic) bond motifs is 1. The molecule has 3 aliphatic rings. The molecule has 21 heavy (non-hydrogen) atoms. The van der Waals surface area contributed by atoms with Gasteiger partial charge < -0.3 is 9.64 Å². The summed E-state index contributed by atoms with van der Waals surface area (Å²) in [5.41, 5.74) is 0. The lowest BCUT2D eigenvalue weighted by Gasteiger charge is -2.28. The van der Waals surface area contributed by atoms with E-state index in [4.69, 9.17) is 16.3 Å². The number of imide groups is 1. The van der Waals surface area contributed by atoms with Gasteiger partial charge in [0.15, 0.2) is 0 Å². The molecule has 1 aliphatic carbocycles. The zero-order chi connectivity index (χ0) is 15.0. The number of hydrogen-bond donors (Lipinski definition) is 0. The van der Waals surface area contributed by atoms with Gasteiger partial charge in [0, 0.05) is 18.1 Å². The molecule has 3 amide bonds. The molecular weight excluding hydrogens is 296 g/mol. The van der Waals surface area contributed by atoms with Gasteiger partial charge in [0.1, 0.15) is 6.54 Å². The standard InChI is InChI=1S/C14H17ClN2O4/c15-9-1-2-10-11(7-9)14(20)17(13(10)19)8-12(18)16-3-5-21-6-4-16/h1,10-11H,2-8H2/t10-,11-/m0/s1. The van der Waals surface area contributed by atoms with Gasteiger partial charge in [-0.15, -0.1) is 0 Å². The molecule has 0 unspecified atom stereocenters. The van der Waals surface area contributed by atoms with E-state index < -0.39 is 5.92 Å². The van der Waals surface area contributed by atoms with Crippen LogP contribution in [0.25, 0.3) is 0 Å². The van der Waals surface area contributed by atoms with E-state index in [0.29, 0.717) is 44.2 Å². The van der Waals surface area contributed by atoms with Gasteiger partial charge in [-0.05, 0) is 12.8 Å². The quantitative estimate of drug-likeness (QED) is 0.691. The van der Waals surface area contributed by atoms with Crippen LogP contribution in [0, 0.1) is 11.8 Å². The second-order valence-corrected chi connectivity index (χ2v) is 6.05. The maximum atomic E-state index is 12.3. The number of ether oxygens (including phenoxy) is 1. The number of carbonyl (C=O) groups excluding carboxylic acids is 3. The molecule has 2 saturated heterocycles. The van der Waals surface area contributed by atoms with Crippen LogP contribution in [0.5, 0.6) is 0 Å². The van der Waals surface area contributed by atoms with E-state index in [1.807, 2.05) is 0 Å². The highest BCUT2D eigenvalue weighted by Crippen LogP contribution is 2.38. The minimum atomic E-state index is -0.396. The van der Waals surface area contributed by atoms with Gasteiger partial charge >= 0.3 is 0 Å². The fourth-order valence-electron chi connectivity index (χ4n) is 3.10. The Morgan fingerprint density at radius 1 is 1.24 bits per heavy atom. The molecule has 0 aromatic carbocycles. The first kappa shape index (κ1) is 14.5. The first-order chi connectivity index (χ1) is 10.1. The van der Waals surface area contributed by atoms with Crippen LogP contribution >= 0.6 is 11.6 Å². The predicted octanol–water partition coefficient (Wildman–Crippen LogP) is 0.363. The van der Waals surface area contributed by atoms with Gasteiger partial charge in [-0.2, -0.15) is 0 Å². The Bertz CT molecular complexity index is 513. The average Bonchev–Trinajstić information content (AvgIpc) is 2.73. The van der Waals surface area contributed by atoms with E-state index in [2.05, 4.69) is 0 Å². The summed E-state index contributed by atoms with van der Waals surface area (Å²) in [6, 6.07) is 0. The maximum absolute atomic E-state index is 12.3.